The molecule has 1 amide bonds. The molecule has 1 saturated carbocycles. The number of piperidine rings is 1. The summed E-state index contributed by atoms with van der Waals surface area (Å²) in [5.41, 5.74) is 0.648. The van der Waals surface area contributed by atoms with Crippen molar-refractivity contribution in [3.63, 3.8) is 0 Å². The summed E-state index contributed by atoms with van der Waals surface area (Å²) in [5.74, 6) is 1.06. The van der Waals surface area contributed by atoms with Gasteiger partial charge in [0.15, 0.2) is 0 Å². The highest BCUT2D eigenvalue weighted by atomic mass is 35.5. The van der Waals surface area contributed by atoms with Crippen molar-refractivity contribution in [3.05, 3.63) is 40.4 Å². The van der Waals surface area contributed by atoms with Crippen LogP contribution in [0.2, 0.25) is 5.02 Å². The Morgan fingerprint density at radius 1 is 1.27 bits per heavy atom. The topological polar surface area (TPSA) is 46.3 Å². The molecule has 4 nitrogen and oxygen atoms in total. The first-order valence-electron chi connectivity index (χ1n) is 9.26. The number of benzene rings is 1. The van der Waals surface area contributed by atoms with Gasteiger partial charge in [0.2, 0.25) is 0 Å². The first-order valence-corrected chi connectivity index (χ1v) is 9.64. The quantitative estimate of drug-likeness (QED) is 0.732. The third-order valence-electron chi connectivity index (χ3n) is 5.85. The van der Waals surface area contributed by atoms with Gasteiger partial charge in [-0.3, -0.25) is 4.79 Å². The molecule has 1 saturated heterocycles. The average molecular weight is 377 g/mol. The summed E-state index contributed by atoms with van der Waals surface area (Å²) in [5, 5.41) is 4.18. The molecule has 6 heteroatoms. The van der Waals surface area contributed by atoms with Crippen LogP contribution in [-0.4, -0.2) is 29.1 Å². The summed E-state index contributed by atoms with van der Waals surface area (Å²) in [7, 11) is 0. The van der Waals surface area contributed by atoms with Gasteiger partial charge in [-0.25, -0.2) is 4.39 Å². The molecule has 0 unspecified atom stereocenters. The van der Waals surface area contributed by atoms with Gasteiger partial charge >= 0.3 is 0 Å². The lowest BCUT2D eigenvalue weighted by Crippen LogP contribution is -2.45. The molecule has 1 aliphatic carbocycles. The Labute approximate surface area is 157 Å². The zero-order chi connectivity index (χ0) is 18.3. The van der Waals surface area contributed by atoms with Crippen LogP contribution in [0.4, 0.5) is 4.39 Å². The predicted octanol–water partition coefficient (Wildman–Crippen LogP) is 5.09. The molecule has 1 aromatic heterocycles. The molecule has 26 heavy (non-hydrogen) atoms. The Morgan fingerprint density at radius 2 is 2.04 bits per heavy atom. The third kappa shape index (κ3) is 3.02. The summed E-state index contributed by atoms with van der Waals surface area (Å²) < 4.78 is 19.6. The van der Waals surface area contributed by atoms with E-state index in [1.165, 1.54) is 37.8 Å². The molecule has 2 atom stereocenters. The number of carbonyl (C=O) groups is 1. The number of aryl methyl sites for hydroxylation is 1. The van der Waals surface area contributed by atoms with Gasteiger partial charge in [-0.15, -0.1) is 0 Å². The van der Waals surface area contributed by atoms with Crippen LogP contribution in [0.15, 0.2) is 22.7 Å². The lowest BCUT2D eigenvalue weighted by Gasteiger charge is -2.41. The van der Waals surface area contributed by atoms with Gasteiger partial charge < -0.3 is 9.42 Å². The first kappa shape index (κ1) is 17.5. The normalized spacial score (nSPS) is 23.0. The van der Waals surface area contributed by atoms with Gasteiger partial charge in [0, 0.05) is 13.1 Å². The van der Waals surface area contributed by atoms with Crippen molar-refractivity contribution in [1.29, 1.82) is 0 Å². The van der Waals surface area contributed by atoms with E-state index < -0.39 is 5.82 Å². The second-order valence-corrected chi connectivity index (χ2v) is 7.81. The van der Waals surface area contributed by atoms with E-state index >= 15 is 0 Å². The maximum Gasteiger partial charge on any atom is 0.259 e. The molecule has 0 radical (unpaired) electrons. The second kappa shape index (κ2) is 7.03. The summed E-state index contributed by atoms with van der Waals surface area (Å²) >= 11 is 6.18. The van der Waals surface area contributed by atoms with Gasteiger partial charge in [-0.2, -0.15) is 0 Å². The van der Waals surface area contributed by atoms with Crippen molar-refractivity contribution < 1.29 is 13.7 Å². The molecular weight excluding hydrogens is 355 g/mol. The molecule has 0 bridgehead atoms. The van der Waals surface area contributed by atoms with Crippen molar-refractivity contribution >= 4 is 17.5 Å². The SMILES string of the molecule is Cc1onc(-c2c(F)cccc2Cl)c1C(=O)N1CC[C@@H]2CCCC[C@@H]2C1. The lowest BCUT2D eigenvalue weighted by atomic mass is 9.75. The van der Waals surface area contributed by atoms with Gasteiger partial charge in [0.1, 0.15) is 22.8 Å². The summed E-state index contributed by atoms with van der Waals surface area (Å²) in [4.78, 5) is 15.1. The predicted molar refractivity (Wildman–Crippen MR) is 97.6 cm³/mol. The minimum atomic E-state index is -0.508. The molecule has 2 aromatic rings. The molecule has 2 heterocycles. The van der Waals surface area contributed by atoms with Crippen molar-refractivity contribution in [2.24, 2.45) is 11.8 Å². The number of aromatic nitrogens is 1. The Bertz CT molecular complexity index is 815. The number of carbonyl (C=O) groups excluding carboxylic acids is 1. The van der Waals surface area contributed by atoms with E-state index in [4.69, 9.17) is 16.1 Å². The minimum absolute atomic E-state index is 0.127. The van der Waals surface area contributed by atoms with Gasteiger partial charge in [-0.1, -0.05) is 42.1 Å². The van der Waals surface area contributed by atoms with E-state index in [0.717, 1.165) is 25.4 Å². The summed E-state index contributed by atoms with van der Waals surface area (Å²) in [6, 6.07) is 4.43. The maximum absolute atomic E-state index is 14.4. The zero-order valence-corrected chi connectivity index (χ0v) is 15.6. The van der Waals surface area contributed by atoms with Crippen molar-refractivity contribution in [2.75, 3.05) is 13.1 Å². The highest BCUT2D eigenvalue weighted by Gasteiger charge is 2.35. The number of halogens is 2. The Hall–Kier alpha value is -1.88. The minimum Gasteiger partial charge on any atom is -0.360 e. The summed E-state index contributed by atoms with van der Waals surface area (Å²) in [6.07, 6.45) is 6.04. The molecule has 0 spiro atoms. The first-order chi connectivity index (χ1) is 12.6. The standard InChI is InChI=1S/C20H22ClFN2O2/c1-12-17(19(23-26-12)18-15(21)7-4-8-16(18)22)20(25)24-10-9-13-5-2-3-6-14(13)11-24/h4,7-8,13-14H,2-3,5-6,9-11H2,1H3/t13-,14+/m0/s1. The molecule has 1 aliphatic heterocycles. The van der Waals surface area contributed by atoms with Crippen LogP contribution < -0.4 is 0 Å². The molecule has 138 valence electrons. The molecule has 1 aromatic carbocycles. The van der Waals surface area contributed by atoms with E-state index in [1.807, 2.05) is 4.90 Å². The number of hydrogen-bond acceptors (Lipinski definition) is 3. The lowest BCUT2D eigenvalue weighted by molar-refractivity contribution is 0.0520. The van der Waals surface area contributed by atoms with Crippen LogP contribution >= 0.6 is 11.6 Å². The van der Waals surface area contributed by atoms with Gasteiger partial charge in [-0.05, 0) is 43.7 Å². The molecule has 4 rings (SSSR count). The van der Waals surface area contributed by atoms with E-state index in [2.05, 4.69) is 5.16 Å². The van der Waals surface area contributed by atoms with Gasteiger partial charge in [0.05, 0.1) is 10.6 Å². The average Bonchev–Trinajstić information content (AvgIpc) is 3.02. The Morgan fingerprint density at radius 3 is 2.81 bits per heavy atom. The largest absolute Gasteiger partial charge is 0.360 e. The fourth-order valence-corrected chi connectivity index (χ4v) is 4.71. The van der Waals surface area contributed by atoms with Crippen LogP contribution in [0, 0.1) is 24.6 Å². The molecule has 0 N–H and O–H groups in total. The fraction of sp³-hybridized carbons (Fsp3) is 0.500. The molecule has 2 fully saturated rings. The van der Waals surface area contributed by atoms with Crippen LogP contribution in [-0.2, 0) is 0 Å². The smallest absolute Gasteiger partial charge is 0.259 e. The maximum atomic E-state index is 14.4. The van der Waals surface area contributed by atoms with Crippen molar-refractivity contribution in [3.8, 4) is 11.3 Å². The highest BCUT2D eigenvalue weighted by molar-refractivity contribution is 6.33. The summed E-state index contributed by atoms with van der Waals surface area (Å²) in [6.45, 7) is 3.18. The highest BCUT2D eigenvalue weighted by Crippen LogP contribution is 2.38. The van der Waals surface area contributed by atoms with E-state index in [1.54, 1.807) is 13.0 Å². The van der Waals surface area contributed by atoms with Crippen molar-refractivity contribution in [2.45, 2.75) is 39.0 Å². The van der Waals surface area contributed by atoms with Gasteiger partial charge in [0.25, 0.3) is 5.91 Å². The Kier molecular flexibility index (Phi) is 4.74. The van der Waals surface area contributed by atoms with E-state index in [-0.39, 0.29) is 22.2 Å². The fourth-order valence-electron chi connectivity index (χ4n) is 4.46. The van der Waals surface area contributed by atoms with Crippen LogP contribution in [0.1, 0.15) is 48.2 Å². The molecule has 2 aliphatic rings. The van der Waals surface area contributed by atoms with Crippen LogP contribution in [0.5, 0.6) is 0 Å². The third-order valence-corrected chi connectivity index (χ3v) is 6.17. The van der Waals surface area contributed by atoms with Crippen LogP contribution in [0.25, 0.3) is 11.3 Å². The second-order valence-electron chi connectivity index (χ2n) is 7.40. The number of hydrogen-bond donors (Lipinski definition) is 0. The zero-order valence-electron chi connectivity index (χ0n) is 14.8. The number of fused-ring (bicyclic) bond motifs is 1. The van der Waals surface area contributed by atoms with Crippen molar-refractivity contribution in [1.82, 2.24) is 10.1 Å². The number of rotatable bonds is 2. The molecular formula is C20H22ClFN2O2. The Balaban J connectivity index is 1.66. The number of amides is 1. The van der Waals surface area contributed by atoms with E-state index in [0.29, 0.717) is 17.2 Å². The number of likely N-dealkylation sites (tertiary alicyclic amines) is 1. The monoisotopic (exact) mass is 376 g/mol. The van der Waals surface area contributed by atoms with E-state index in [9.17, 15) is 9.18 Å². The number of nitrogens with zero attached hydrogens (tertiary/aromatic N) is 2. The van der Waals surface area contributed by atoms with Crippen LogP contribution in [0.3, 0.4) is 0 Å².